The Morgan fingerprint density at radius 1 is 1.20 bits per heavy atom. The summed E-state index contributed by atoms with van der Waals surface area (Å²) in [6.45, 7) is 11.6. The van der Waals surface area contributed by atoms with Crippen LogP contribution < -0.4 is 5.56 Å². The Labute approximate surface area is 151 Å². The highest BCUT2D eigenvalue weighted by molar-refractivity contribution is 5.23. The molecule has 0 amide bonds. The molecule has 0 radical (unpaired) electrons. The normalized spacial score (nSPS) is 28.8. The summed E-state index contributed by atoms with van der Waals surface area (Å²) in [7, 11) is 0. The summed E-state index contributed by atoms with van der Waals surface area (Å²) in [5.74, 6) is 1.18. The predicted molar refractivity (Wildman–Crippen MR) is 103 cm³/mol. The van der Waals surface area contributed by atoms with E-state index in [0.717, 1.165) is 19.6 Å². The lowest BCUT2D eigenvalue weighted by Gasteiger charge is -2.43. The van der Waals surface area contributed by atoms with E-state index in [9.17, 15) is 4.79 Å². The van der Waals surface area contributed by atoms with Gasteiger partial charge in [0.05, 0.1) is 0 Å². The first-order valence-electron chi connectivity index (χ1n) is 10.1. The molecular formula is C22H32N2O. The van der Waals surface area contributed by atoms with Gasteiger partial charge in [-0.1, -0.05) is 31.1 Å². The molecule has 0 spiro atoms. The maximum atomic E-state index is 12.2. The molecule has 1 fully saturated rings. The van der Waals surface area contributed by atoms with Crippen molar-refractivity contribution in [1.82, 2.24) is 9.47 Å². The van der Waals surface area contributed by atoms with Crippen LogP contribution in [0.5, 0.6) is 0 Å². The number of hydrogen-bond acceptors (Lipinski definition) is 2. The number of likely N-dealkylation sites (tertiary alicyclic amines) is 1. The SMILES string of the molecule is CC1=C(CCN2CC3CC(C2)c2cccc(=O)n2C3)C(C)(C)CCC1. The van der Waals surface area contributed by atoms with E-state index in [2.05, 4.69) is 31.7 Å². The van der Waals surface area contributed by atoms with Gasteiger partial charge in [-0.05, 0) is 56.4 Å². The zero-order valence-electron chi connectivity index (χ0n) is 16.1. The summed E-state index contributed by atoms with van der Waals surface area (Å²) in [5.41, 5.74) is 5.19. The highest BCUT2D eigenvalue weighted by Gasteiger charge is 2.35. The zero-order chi connectivity index (χ0) is 17.6. The van der Waals surface area contributed by atoms with Crippen molar-refractivity contribution in [2.75, 3.05) is 19.6 Å². The van der Waals surface area contributed by atoms with Crippen LogP contribution in [0, 0.1) is 11.3 Å². The number of pyridine rings is 1. The van der Waals surface area contributed by atoms with Crippen molar-refractivity contribution in [3.05, 3.63) is 45.4 Å². The molecule has 2 atom stereocenters. The van der Waals surface area contributed by atoms with E-state index in [1.165, 1.54) is 44.3 Å². The average Bonchev–Trinajstić information content (AvgIpc) is 2.55. The third kappa shape index (κ3) is 3.23. The molecule has 2 bridgehead atoms. The van der Waals surface area contributed by atoms with Crippen LogP contribution in [-0.2, 0) is 6.54 Å². The van der Waals surface area contributed by atoms with E-state index in [-0.39, 0.29) is 5.56 Å². The van der Waals surface area contributed by atoms with Crippen molar-refractivity contribution >= 4 is 0 Å². The number of hydrogen-bond donors (Lipinski definition) is 0. The van der Waals surface area contributed by atoms with E-state index in [1.54, 1.807) is 17.2 Å². The maximum Gasteiger partial charge on any atom is 0.250 e. The van der Waals surface area contributed by atoms with Crippen molar-refractivity contribution in [2.24, 2.45) is 11.3 Å². The van der Waals surface area contributed by atoms with Gasteiger partial charge < -0.3 is 9.47 Å². The molecule has 3 aliphatic rings. The van der Waals surface area contributed by atoms with Crippen molar-refractivity contribution in [3.63, 3.8) is 0 Å². The third-order valence-electron chi connectivity index (χ3n) is 6.92. The van der Waals surface area contributed by atoms with Crippen LogP contribution >= 0.6 is 0 Å². The molecule has 0 aromatic carbocycles. The fraction of sp³-hybridized carbons (Fsp3) is 0.682. The van der Waals surface area contributed by atoms with Crippen LogP contribution in [0.2, 0.25) is 0 Å². The first-order valence-corrected chi connectivity index (χ1v) is 10.1. The van der Waals surface area contributed by atoms with E-state index < -0.39 is 0 Å². The molecule has 1 aromatic rings. The number of fused-ring (bicyclic) bond motifs is 4. The molecule has 3 heterocycles. The van der Waals surface area contributed by atoms with Gasteiger partial charge in [0, 0.05) is 43.9 Å². The molecular weight excluding hydrogens is 308 g/mol. The van der Waals surface area contributed by atoms with Crippen molar-refractivity contribution in [1.29, 1.82) is 0 Å². The monoisotopic (exact) mass is 340 g/mol. The topological polar surface area (TPSA) is 25.2 Å². The van der Waals surface area contributed by atoms with Crippen LogP contribution in [-0.4, -0.2) is 29.1 Å². The molecule has 3 nitrogen and oxygen atoms in total. The standard InChI is InChI=1S/C22H32N2O/c1-16-6-5-10-22(2,3)19(16)9-11-23-13-17-12-18(15-23)20-7-4-8-21(25)24(20)14-17/h4,7-8,17-18H,5-6,9-15H2,1-3H3. The second-order valence-electron chi connectivity index (χ2n) is 9.20. The Hall–Kier alpha value is -1.35. The molecule has 25 heavy (non-hydrogen) atoms. The molecule has 0 saturated carbocycles. The van der Waals surface area contributed by atoms with Gasteiger partial charge in [-0.15, -0.1) is 0 Å². The molecule has 136 valence electrons. The van der Waals surface area contributed by atoms with E-state index in [1.807, 2.05) is 10.6 Å². The van der Waals surface area contributed by atoms with Gasteiger partial charge in [0.25, 0.3) is 5.56 Å². The van der Waals surface area contributed by atoms with Crippen LogP contribution in [0.3, 0.4) is 0 Å². The lowest BCUT2D eigenvalue weighted by atomic mass is 9.71. The smallest absolute Gasteiger partial charge is 0.250 e. The predicted octanol–water partition coefficient (Wildman–Crippen LogP) is 4.18. The Balaban J connectivity index is 1.47. The van der Waals surface area contributed by atoms with E-state index in [4.69, 9.17) is 0 Å². The van der Waals surface area contributed by atoms with Crippen molar-refractivity contribution < 1.29 is 0 Å². The summed E-state index contributed by atoms with van der Waals surface area (Å²) in [4.78, 5) is 14.8. The highest BCUT2D eigenvalue weighted by atomic mass is 16.1. The maximum absolute atomic E-state index is 12.2. The first-order chi connectivity index (χ1) is 11.9. The van der Waals surface area contributed by atoms with Crippen molar-refractivity contribution in [3.8, 4) is 0 Å². The second kappa shape index (κ2) is 6.42. The van der Waals surface area contributed by atoms with Gasteiger partial charge in [0.15, 0.2) is 0 Å². The van der Waals surface area contributed by atoms with Gasteiger partial charge in [0.1, 0.15) is 0 Å². The summed E-state index contributed by atoms with van der Waals surface area (Å²) >= 11 is 0. The quantitative estimate of drug-likeness (QED) is 0.771. The molecule has 2 aliphatic heterocycles. The van der Waals surface area contributed by atoms with Crippen LogP contribution in [0.4, 0.5) is 0 Å². The molecule has 2 unspecified atom stereocenters. The molecule has 1 aliphatic carbocycles. The zero-order valence-corrected chi connectivity index (χ0v) is 16.1. The number of nitrogens with zero attached hydrogens (tertiary/aromatic N) is 2. The minimum Gasteiger partial charge on any atom is -0.312 e. The van der Waals surface area contributed by atoms with Gasteiger partial charge >= 0.3 is 0 Å². The number of piperidine rings is 1. The van der Waals surface area contributed by atoms with Gasteiger partial charge in [-0.25, -0.2) is 0 Å². The lowest BCUT2D eigenvalue weighted by molar-refractivity contribution is 0.119. The minimum absolute atomic E-state index is 0.186. The third-order valence-corrected chi connectivity index (χ3v) is 6.92. The summed E-state index contributed by atoms with van der Waals surface area (Å²) in [5, 5.41) is 0. The number of aromatic nitrogens is 1. The molecule has 1 aromatic heterocycles. The first kappa shape index (κ1) is 17.1. The fourth-order valence-electron chi connectivity index (χ4n) is 5.67. The van der Waals surface area contributed by atoms with Crippen molar-refractivity contribution in [2.45, 2.75) is 65.3 Å². The summed E-state index contributed by atoms with van der Waals surface area (Å²) < 4.78 is 2.03. The largest absolute Gasteiger partial charge is 0.312 e. The molecule has 1 saturated heterocycles. The molecule has 0 N–H and O–H groups in total. The van der Waals surface area contributed by atoms with Gasteiger partial charge in [-0.3, -0.25) is 4.79 Å². The number of rotatable bonds is 3. The van der Waals surface area contributed by atoms with E-state index >= 15 is 0 Å². The minimum atomic E-state index is 0.186. The summed E-state index contributed by atoms with van der Waals surface area (Å²) in [6.07, 6.45) is 6.45. The highest BCUT2D eigenvalue weighted by Crippen LogP contribution is 2.42. The Bertz CT molecular complexity index is 743. The summed E-state index contributed by atoms with van der Waals surface area (Å²) in [6, 6.07) is 5.82. The molecule has 4 rings (SSSR count). The van der Waals surface area contributed by atoms with Gasteiger partial charge in [0.2, 0.25) is 0 Å². The average molecular weight is 341 g/mol. The van der Waals surface area contributed by atoms with E-state index in [0.29, 0.717) is 17.3 Å². The van der Waals surface area contributed by atoms with Crippen LogP contribution in [0.25, 0.3) is 0 Å². The van der Waals surface area contributed by atoms with Crippen LogP contribution in [0.15, 0.2) is 34.1 Å². The molecule has 3 heteroatoms. The Kier molecular flexibility index (Phi) is 4.39. The fourth-order valence-corrected chi connectivity index (χ4v) is 5.67. The van der Waals surface area contributed by atoms with Gasteiger partial charge in [-0.2, -0.15) is 0 Å². The number of allylic oxidation sites excluding steroid dienone is 1. The van der Waals surface area contributed by atoms with Crippen LogP contribution in [0.1, 0.15) is 64.5 Å². The Morgan fingerprint density at radius 2 is 2.04 bits per heavy atom. The second-order valence-corrected chi connectivity index (χ2v) is 9.20. The lowest BCUT2D eigenvalue weighted by Crippen LogP contribution is -2.47. The Morgan fingerprint density at radius 3 is 2.84 bits per heavy atom.